The van der Waals surface area contributed by atoms with E-state index in [1.54, 1.807) is 6.92 Å². The lowest BCUT2D eigenvalue weighted by molar-refractivity contribution is -0.126. The van der Waals surface area contributed by atoms with Crippen LogP contribution in [0.25, 0.3) is 0 Å². The van der Waals surface area contributed by atoms with E-state index in [1.165, 1.54) is 0 Å². The lowest BCUT2D eigenvalue weighted by Crippen LogP contribution is -2.52. The summed E-state index contributed by atoms with van der Waals surface area (Å²) in [5.74, 6) is -3.52. The first kappa shape index (κ1) is 26.3. The van der Waals surface area contributed by atoms with Gasteiger partial charge in [-0.05, 0) is 50.9 Å². The molecule has 8 nitrogen and oxygen atoms in total. The topological polar surface area (TPSA) is 117 Å². The van der Waals surface area contributed by atoms with Crippen molar-refractivity contribution in [2.24, 2.45) is 17.8 Å². The van der Waals surface area contributed by atoms with Gasteiger partial charge in [-0.1, -0.05) is 13.8 Å². The second-order valence-corrected chi connectivity index (χ2v) is 9.53. The third-order valence-electron chi connectivity index (χ3n) is 6.33. The van der Waals surface area contributed by atoms with Gasteiger partial charge in [0, 0.05) is 25.3 Å². The highest BCUT2D eigenvalue weighted by atomic mass is 19.3. The Balaban J connectivity index is 1.89. The predicted octanol–water partition coefficient (Wildman–Crippen LogP) is 2.34. The van der Waals surface area contributed by atoms with Gasteiger partial charge >= 0.3 is 6.09 Å². The van der Waals surface area contributed by atoms with Gasteiger partial charge in [-0.25, -0.2) is 13.6 Å². The molecule has 0 bridgehead atoms. The van der Waals surface area contributed by atoms with E-state index in [4.69, 9.17) is 4.74 Å². The van der Waals surface area contributed by atoms with Crippen molar-refractivity contribution in [3.05, 3.63) is 0 Å². The van der Waals surface area contributed by atoms with E-state index in [-0.39, 0.29) is 56.0 Å². The molecule has 0 aromatic heterocycles. The summed E-state index contributed by atoms with van der Waals surface area (Å²) in [6, 6.07) is -1.48. The van der Waals surface area contributed by atoms with Crippen LogP contribution in [0.15, 0.2) is 0 Å². The van der Waals surface area contributed by atoms with Crippen molar-refractivity contribution in [2.75, 3.05) is 13.2 Å². The fourth-order valence-corrected chi connectivity index (χ4v) is 4.37. The van der Waals surface area contributed by atoms with Crippen molar-refractivity contribution >= 4 is 17.9 Å². The first-order chi connectivity index (χ1) is 15.0. The molecule has 2 rings (SSSR count). The van der Waals surface area contributed by atoms with Crippen LogP contribution in [0.3, 0.4) is 0 Å². The molecule has 3 amide bonds. The average Bonchev–Trinajstić information content (AvgIpc) is 3.10. The number of amides is 3. The minimum atomic E-state index is -2.65. The van der Waals surface area contributed by atoms with Gasteiger partial charge < -0.3 is 25.8 Å². The van der Waals surface area contributed by atoms with Crippen LogP contribution in [-0.4, -0.2) is 60.3 Å². The van der Waals surface area contributed by atoms with E-state index < -0.39 is 36.1 Å². The highest BCUT2D eigenvalue weighted by Crippen LogP contribution is 2.38. The van der Waals surface area contributed by atoms with Gasteiger partial charge in [0.2, 0.25) is 17.7 Å². The number of alkyl carbamates (subject to hydrolysis) is 1. The first-order valence-electron chi connectivity index (χ1n) is 11.5. The Kier molecular flexibility index (Phi) is 9.66. The Morgan fingerprint density at radius 2 is 1.84 bits per heavy atom. The summed E-state index contributed by atoms with van der Waals surface area (Å²) in [7, 11) is 0. The van der Waals surface area contributed by atoms with E-state index in [1.807, 2.05) is 13.8 Å². The number of hydrogen-bond donors (Lipinski definition) is 4. The maximum Gasteiger partial charge on any atom is 0.408 e. The van der Waals surface area contributed by atoms with Crippen LogP contribution in [0.2, 0.25) is 0 Å². The fourth-order valence-electron chi connectivity index (χ4n) is 4.37. The maximum atomic E-state index is 13.4. The summed E-state index contributed by atoms with van der Waals surface area (Å²) in [5, 5.41) is 17.7. The molecule has 184 valence electrons. The predicted molar refractivity (Wildman–Crippen MR) is 114 cm³/mol. The number of carbonyl (C=O) groups excluding carboxylic acids is 3. The lowest BCUT2D eigenvalue weighted by Gasteiger charge is -2.32. The molecule has 0 spiro atoms. The van der Waals surface area contributed by atoms with Crippen LogP contribution in [0.4, 0.5) is 13.6 Å². The Morgan fingerprint density at radius 1 is 1.19 bits per heavy atom. The van der Waals surface area contributed by atoms with Crippen LogP contribution in [-0.2, 0) is 14.3 Å². The van der Waals surface area contributed by atoms with Gasteiger partial charge in [0.15, 0.2) is 0 Å². The van der Waals surface area contributed by atoms with Crippen LogP contribution in [0, 0.1) is 17.8 Å². The molecule has 32 heavy (non-hydrogen) atoms. The molecule has 0 aromatic carbocycles. The highest BCUT2D eigenvalue weighted by Gasteiger charge is 2.38. The monoisotopic (exact) mass is 461 g/mol. The molecule has 1 aliphatic carbocycles. The minimum Gasteiger partial charge on any atom is -0.446 e. The van der Waals surface area contributed by atoms with Crippen LogP contribution < -0.4 is 16.0 Å². The standard InChI is InChI=1S/C22H37F2N3O5/c1-13(2)10-18(20(30)26-17(12-28)11-16-6-9-25-19(16)29)27-21(31)32-14(3)15-4-7-22(23,24)8-5-15/h13-18,28H,4-12H2,1-3H3,(H,25,29)(H,26,30)(H,27,31)/t14?,16-,17-,18-/m0/s1. The molecule has 10 heteroatoms. The molecule has 1 unspecified atom stereocenters. The van der Waals surface area contributed by atoms with E-state index in [9.17, 15) is 28.3 Å². The second-order valence-electron chi connectivity index (χ2n) is 9.53. The zero-order valence-electron chi connectivity index (χ0n) is 19.2. The van der Waals surface area contributed by atoms with E-state index >= 15 is 0 Å². The number of halogens is 2. The zero-order chi connectivity index (χ0) is 23.9. The van der Waals surface area contributed by atoms with Crippen LogP contribution in [0.1, 0.15) is 65.7 Å². The molecule has 1 heterocycles. The van der Waals surface area contributed by atoms with E-state index in [0.29, 0.717) is 25.8 Å². The average molecular weight is 462 g/mol. The van der Waals surface area contributed by atoms with Gasteiger partial charge in [0.05, 0.1) is 12.6 Å². The van der Waals surface area contributed by atoms with Crippen molar-refractivity contribution in [3.63, 3.8) is 0 Å². The molecule has 2 aliphatic rings. The summed E-state index contributed by atoms with van der Waals surface area (Å²) < 4.78 is 32.1. The number of carbonyl (C=O) groups is 3. The molecule has 4 atom stereocenters. The Morgan fingerprint density at radius 3 is 2.38 bits per heavy atom. The first-order valence-corrected chi connectivity index (χ1v) is 11.5. The summed E-state index contributed by atoms with van der Waals surface area (Å²) in [6.45, 7) is 5.75. The Labute approximate surface area is 188 Å². The normalized spacial score (nSPS) is 23.8. The fraction of sp³-hybridized carbons (Fsp3) is 0.864. The molecule has 1 saturated carbocycles. The number of hydrogen-bond acceptors (Lipinski definition) is 5. The van der Waals surface area contributed by atoms with E-state index in [0.717, 1.165) is 0 Å². The molecular formula is C22H37F2N3O5. The van der Waals surface area contributed by atoms with Gasteiger partial charge in [-0.3, -0.25) is 9.59 Å². The molecule has 1 saturated heterocycles. The zero-order valence-corrected chi connectivity index (χ0v) is 19.2. The minimum absolute atomic E-state index is 0.0902. The number of aliphatic hydroxyl groups excluding tert-OH is 1. The molecular weight excluding hydrogens is 424 g/mol. The SMILES string of the molecule is CC(C)C[C@H](NC(=O)OC(C)C1CCC(F)(F)CC1)C(=O)N[C@H](CO)C[C@@H]1CCNC1=O. The third kappa shape index (κ3) is 8.18. The molecule has 1 aliphatic heterocycles. The Bertz CT molecular complexity index is 651. The van der Waals surface area contributed by atoms with Crippen LogP contribution in [0.5, 0.6) is 0 Å². The van der Waals surface area contributed by atoms with Crippen molar-refractivity contribution in [1.82, 2.24) is 16.0 Å². The highest BCUT2D eigenvalue weighted by molar-refractivity contribution is 5.86. The number of ether oxygens (including phenoxy) is 1. The van der Waals surface area contributed by atoms with Gasteiger partial charge in [-0.15, -0.1) is 0 Å². The number of nitrogens with one attached hydrogen (secondary N) is 3. The summed E-state index contributed by atoms with van der Waals surface area (Å²) in [4.78, 5) is 37.0. The summed E-state index contributed by atoms with van der Waals surface area (Å²) in [6.07, 6.45) is 0.139. The molecule has 4 N–H and O–H groups in total. The smallest absolute Gasteiger partial charge is 0.408 e. The quantitative estimate of drug-likeness (QED) is 0.399. The van der Waals surface area contributed by atoms with E-state index in [2.05, 4.69) is 16.0 Å². The van der Waals surface area contributed by atoms with Gasteiger partial charge in [0.25, 0.3) is 0 Å². The molecule has 2 fully saturated rings. The Hall–Kier alpha value is -1.97. The largest absolute Gasteiger partial charge is 0.446 e. The number of alkyl halides is 2. The molecule has 0 radical (unpaired) electrons. The number of rotatable bonds is 10. The summed E-state index contributed by atoms with van der Waals surface area (Å²) in [5.41, 5.74) is 0. The van der Waals surface area contributed by atoms with Crippen molar-refractivity contribution in [3.8, 4) is 0 Å². The lowest BCUT2D eigenvalue weighted by atomic mass is 9.84. The van der Waals surface area contributed by atoms with Crippen LogP contribution >= 0.6 is 0 Å². The maximum absolute atomic E-state index is 13.4. The van der Waals surface area contributed by atoms with Crippen molar-refractivity contribution in [2.45, 2.75) is 89.8 Å². The second kappa shape index (κ2) is 11.8. The summed E-state index contributed by atoms with van der Waals surface area (Å²) >= 11 is 0. The third-order valence-corrected chi connectivity index (χ3v) is 6.33. The van der Waals surface area contributed by atoms with Crippen molar-refractivity contribution < 1.29 is 33.0 Å². The van der Waals surface area contributed by atoms with Gasteiger partial charge in [0.1, 0.15) is 12.1 Å². The molecule has 0 aromatic rings. The number of aliphatic hydroxyl groups is 1. The van der Waals surface area contributed by atoms with Crippen molar-refractivity contribution in [1.29, 1.82) is 0 Å². The van der Waals surface area contributed by atoms with Gasteiger partial charge in [-0.2, -0.15) is 0 Å².